The summed E-state index contributed by atoms with van der Waals surface area (Å²) in [5, 5.41) is 11.9. The summed E-state index contributed by atoms with van der Waals surface area (Å²) in [6.07, 6.45) is 2.90. The van der Waals surface area contributed by atoms with Crippen LogP contribution in [0.2, 0.25) is 0 Å². The van der Waals surface area contributed by atoms with E-state index >= 15 is 0 Å². The average Bonchev–Trinajstić information content (AvgIpc) is 2.28. The Bertz CT molecular complexity index is 311. The number of nitrogens with one attached hydrogen (secondary N) is 1. The van der Waals surface area contributed by atoms with E-state index in [1.165, 1.54) is 0 Å². The van der Waals surface area contributed by atoms with Crippen LogP contribution >= 0.6 is 0 Å². The Morgan fingerprint density at radius 3 is 2.25 bits per heavy atom. The molecule has 3 heteroatoms. The maximum absolute atomic E-state index is 11.9. The van der Waals surface area contributed by atoms with Crippen LogP contribution in [0.4, 0.5) is 0 Å². The molecule has 0 aliphatic carbocycles. The molecule has 0 radical (unpaired) electrons. The van der Waals surface area contributed by atoms with Gasteiger partial charge in [-0.15, -0.1) is 5.92 Å². The number of hydrogen-bond acceptors (Lipinski definition) is 2. The first-order chi connectivity index (χ1) is 7.66. The SMILES string of the molecule is CC#CCNC(=O)C(C#N)(CCC)CCC. The van der Waals surface area contributed by atoms with E-state index in [0.717, 1.165) is 12.8 Å². The Hall–Kier alpha value is -1.48. The standard InChI is InChI=1S/C13H20N2O/c1-4-7-10-15-12(16)13(11-14,8-5-2)9-6-3/h5-6,8-10H2,1-3H3,(H,15,16). The van der Waals surface area contributed by atoms with Crippen molar-refractivity contribution in [1.29, 1.82) is 5.26 Å². The van der Waals surface area contributed by atoms with E-state index in [-0.39, 0.29) is 5.91 Å². The summed E-state index contributed by atoms with van der Waals surface area (Å²) in [6, 6.07) is 2.18. The molecule has 0 unspecified atom stereocenters. The lowest BCUT2D eigenvalue weighted by Crippen LogP contribution is -2.40. The van der Waals surface area contributed by atoms with Gasteiger partial charge in [0.1, 0.15) is 5.41 Å². The van der Waals surface area contributed by atoms with Crippen LogP contribution in [0.15, 0.2) is 0 Å². The topological polar surface area (TPSA) is 52.9 Å². The first kappa shape index (κ1) is 14.5. The van der Waals surface area contributed by atoms with Crippen molar-refractivity contribution in [2.75, 3.05) is 6.54 Å². The molecular formula is C13H20N2O. The minimum atomic E-state index is -0.862. The van der Waals surface area contributed by atoms with Gasteiger partial charge in [-0.2, -0.15) is 5.26 Å². The van der Waals surface area contributed by atoms with Crippen LogP contribution in [0, 0.1) is 28.6 Å². The molecule has 0 spiro atoms. The molecule has 0 bridgehead atoms. The first-order valence-corrected chi connectivity index (χ1v) is 5.76. The highest BCUT2D eigenvalue weighted by Gasteiger charge is 2.36. The van der Waals surface area contributed by atoms with E-state index < -0.39 is 5.41 Å². The van der Waals surface area contributed by atoms with Crippen LogP contribution in [-0.4, -0.2) is 12.5 Å². The van der Waals surface area contributed by atoms with Crippen molar-refractivity contribution in [3.05, 3.63) is 0 Å². The van der Waals surface area contributed by atoms with Crippen molar-refractivity contribution in [3.8, 4) is 17.9 Å². The third-order valence-corrected chi connectivity index (χ3v) is 2.52. The number of amides is 1. The third-order valence-electron chi connectivity index (χ3n) is 2.52. The lowest BCUT2D eigenvalue weighted by atomic mass is 9.80. The van der Waals surface area contributed by atoms with E-state index in [1.54, 1.807) is 6.92 Å². The van der Waals surface area contributed by atoms with Gasteiger partial charge in [-0.25, -0.2) is 0 Å². The Balaban J connectivity index is 4.64. The van der Waals surface area contributed by atoms with Crippen molar-refractivity contribution in [2.45, 2.75) is 46.5 Å². The van der Waals surface area contributed by atoms with E-state index in [0.29, 0.717) is 19.4 Å². The zero-order valence-electron chi connectivity index (χ0n) is 10.4. The number of hydrogen-bond donors (Lipinski definition) is 1. The number of carbonyl (C=O) groups excluding carboxylic acids is 1. The molecule has 0 aromatic carbocycles. The minimum absolute atomic E-state index is 0.179. The fraction of sp³-hybridized carbons (Fsp3) is 0.692. The van der Waals surface area contributed by atoms with Crippen LogP contribution in [0.3, 0.4) is 0 Å². The second-order valence-corrected chi connectivity index (χ2v) is 3.80. The van der Waals surface area contributed by atoms with Crippen molar-refractivity contribution in [3.63, 3.8) is 0 Å². The second kappa shape index (κ2) is 7.77. The van der Waals surface area contributed by atoms with Crippen molar-refractivity contribution >= 4 is 5.91 Å². The van der Waals surface area contributed by atoms with Crippen LogP contribution in [0.5, 0.6) is 0 Å². The van der Waals surface area contributed by atoms with E-state index in [2.05, 4.69) is 23.2 Å². The summed E-state index contributed by atoms with van der Waals surface area (Å²) in [5.41, 5.74) is -0.862. The normalized spacial score (nSPS) is 9.88. The fourth-order valence-corrected chi connectivity index (χ4v) is 1.75. The highest BCUT2D eigenvalue weighted by Crippen LogP contribution is 2.29. The fourth-order valence-electron chi connectivity index (χ4n) is 1.75. The van der Waals surface area contributed by atoms with Gasteiger partial charge in [0.25, 0.3) is 0 Å². The highest BCUT2D eigenvalue weighted by molar-refractivity contribution is 5.85. The zero-order valence-corrected chi connectivity index (χ0v) is 10.4. The molecule has 0 aromatic rings. The van der Waals surface area contributed by atoms with Gasteiger partial charge in [-0.1, -0.05) is 32.6 Å². The smallest absolute Gasteiger partial charge is 0.241 e. The lowest BCUT2D eigenvalue weighted by molar-refractivity contribution is -0.128. The quantitative estimate of drug-likeness (QED) is 0.698. The molecule has 0 saturated heterocycles. The first-order valence-electron chi connectivity index (χ1n) is 5.76. The van der Waals surface area contributed by atoms with Crippen molar-refractivity contribution in [2.24, 2.45) is 5.41 Å². The second-order valence-electron chi connectivity index (χ2n) is 3.80. The summed E-state index contributed by atoms with van der Waals surface area (Å²) in [5.74, 6) is 5.30. The van der Waals surface area contributed by atoms with E-state index in [9.17, 15) is 10.1 Å². The van der Waals surface area contributed by atoms with Crippen LogP contribution in [0.25, 0.3) is 0 Å². The largest absolute Gasteiger partial charge is 0.344 e. The van der Waals surface area contributed by atoms with Gasteiger partial charge in [-0.3, -0.25) is 4.79 Å². The van der Waals surface area contributed by atoms with E-state index in [4.69, 9.17) is 0 Å². The predicted octanol–water partition coefficient (Wildman–Crippen LogP) is 2.24. The molecule has 3 nitrogen and oxygen atoms in total. The molecular weight excluding hydrogens is 200 g/mol. The molecule has 0 saturated carbocycles. The molecule has 0 heterocycles. The molecule has 0 aromatic heterocycles. The van der Waals surface area contributed by atoms with Gasteiger partial charge in [0.2, 0.25) is 5.91 Å². The summed E-state index contributed by atoms with van der Waals surface area (Å²) in [4.78, 5) is 11.9. The van der Waals surface area contributed by atoms with Gasteiger partial charge < -0.3 is 5.32 Å². The molecule has 0 atom stereocenters. The van der Waals surface area contributed by atoms with Crippen molar-refractivity contribution < 1.29 is 4.79 Å². The zero-order chi connectivity index (χ0) is 12.4. The van der Waals surface area contributed by atoms with Crippen LogP contribution in [-0.2, 0) is 4.79 Å². The molecule has 16 heavy (non-hydrogen) atoms. The minimum Gasteiger partial charge on any atom is -0.344 e. The molecule has 1 N–H and O–H groups in total. The monoisotopic (exact) mass is 220 g/mol. The maximum Gasteiger partial charge on any atom is 0.241 e. The van der Waals surface area contributed by atoms with Gasteiger partial charge in [0, 0.05) is 0 Å². The summed E-state index contributed by atoms with van der Waals surface area (Å²) in [6.45, 7) is 6.02. The Morgan fingerprint density at radius 1 is 1.31 bits per heavy atom. The predicted molar refractivity (Wildman–Crippen MR) is 64.3 cm³/mol. The molecule has 1 amide bonds. The van der Waals surface area contributed by atoms with Crippen molar-refractivity contribution in [1.82, 2.24) is 5.32 Å². The summed E-state index contributed by atoms with van der Waals surface area (Å²) in [7, 11) is 0. The maximum atomic E-state index is 11.9. The van der Waals surface area contributed by atoms with Gasteiger partial charge in [0.15, 0.2) is 0 Å². The molecule has 0 aliphatic heterocycles. The number of nitriles is 1. The number of nitrogens with zero attached hydrogens (tertiary/aromatic N) is 1. The highest BCUT2D eigenvalue weighted by atomic mass is 16.2. The molecule has 88 valence electrons. The average molecular weight is 220 g/mol. The molecule has 0 rings (SSSR count). The van der Waals surface area contributed by atoms with E-state index in [1.807, 2.05) is 13.8 Å². The summed E-state index contributed by atoms with van der Waals surface area (Å²) < 4.78 is 0. The summed E-state index contributed by atoms with van der Waals surface area (Å²) >= 11 is 0. The molecule has 0 fully saturated rings. The van der Waals surface area contributed by atoms with Gasteiger partial charge in [0.05, 0.1) is 12.6 Å². The van der Waals surface area contributed by atoms with Gasteiger partial charge >= 0.3 is 0 Å². The van der Waals surface area contributed by atoms with Crippen LogP contribution < -0.4 is 5.32 Å². The Morgan fingerprint density at radius 2 is 1.88 bits per heavy atom. The number of rotatable bonds is 6. The molecule has 0 aliphatic rings. The lowest BCUT2D eigenvalue weighted by Gasteiger charge is -2.23. The van der Waals surface area contributed by atoms with Gasteiger partial charge in [-0.05, 0) is 19.8 Å². The Labute approximate surface area is 98.2 Å². The number of carbonyl (C=O) groups is 1. The Kier molecular flexibility index (Phi) is 7.05. The van der Waals surface area contributed by atoms with Crippen LogP contribution in [0.1, 0.15) is 46.5 Å². The third kappa shape index (κ3) is 3.95.